The van der Waals surface area contributed by atoms with E-state index >= 15 is 0 Å². The molecule has 0 aliphatic carbocycles. The van der Waals surface area contributed by atoms with Gasteiger partial charge in [-0.1, -0.05) is 346 Å². The van der Waals surface area contributed by atoms with Gasteiger partial charge in [-0.15, -0.1) is 0 Å². The fourth-order valence-corrected chi connectivity index (χ4v) is 23.6. The monoisotopic (exact) mass is 1750 g/mol. The third-order valence-corrected chi connectivity index (χ3v) is 29.4. The summed E-state index contributed by atoms with van der Waals surface area (Å²) < 4.78 is 7.19. The maximum absolute atomic E-state index is 5.64. The highest BCUT2D eigenvalue weighted by Crippen LogP contribution is 2.54. The molecule has 0 spiro atoms. The molecule has 9 heteroatoms. The van der Waals surface area contributed by atoms with E-state index in [1.165, 1.54) is 168 Å². The molecule has 6 aromatic heterocycles. The van der Waals surface area contributed by atoms with Gasteiger partial charge in [0.05, 0.1) is 60.9 Å². The predicted molar refractivity (Wildman–Crippen MR) is 580 cm³/mol. The second-order valence-corrected chi connectivity index (χ2v) is 36.7. The molecule has 9 nitrogen and oxygen atoms in total. The van der Waals surface area contributed by atoms with Crippen molar-refractivity contribution >= 4 is 234 Å². The summed E-state index contributed by atoms with van der Waals surface area (Å²) in [4.78, 5) is 29.1. The first-order valence-corrected chi connectivity index (χ1v) is 47.3. The zero-order chi connectivity index (χ0) is 90.1. The summed E-state index contributed by atoms with van der Waals surface area (Å²) in [7, 11) is 0. The SMILES string of the molecule is c1ccc(-c2ccc(N(c3ccccc3)c3cccc(-n4c5cc(-c6ccccn6)cc6c7cccc8ccc9ccc4c(c9c87)c65)c3)cc2)cc1.c1ccc(-c2nc3c(ccc4ccccc43)nc2-n2c3cccc4c5cccc6ccc7ccc2c(c7c65)c43)cc1.c1ccc(-c2nc3c4ccccc4c4ccccc4c3nc2-n2c3cccc4c5cccc6ccc7ccc2c(c7c65)c43)cc1. The molecule has 32 aromatic rings. The van der Waals surface area contributed by atoms with Gasteiger partial charge in [0.2, 0.25) is 0 Å². The number of pyridine rings is 1. The predicted octanol–water partition coefficient (Wildman–Crippen LogP) is 34.2. The van der Waals surface area contributed by atoms with E-state index in [1.54, 1.807) is 0 Å². The van der Waals surface area contributed by atoms with Crippen LogP contribution in [0.25, 0.3) is 279 Å². The van der Waals surface area contributed by atoms with Gasteiger partial charge in [-0.05, 0) is 211 Å². The molecular weight excluding hydrogens is 1680 g/mol. The van der Waals surface area contributed by atoms with Crippen LogP contribution >= 0.6 is 0 Å². The van der Waals surface area contributed by atoms with E-state index in [1.807, 2.05) is 12.3 Å². The number of nitrogens with zero attached hydrogens (tertiary/aromatic N) is 9. The third-order valence-electron chi connectivity index (χ3n) is 29.4. The molecule has 0 aliphatic heterocycles. The van der Waals surface area contributed by atoms with Gasteiger partial charge in [-0.3, -0.25) is 14.1 Å². The van der Waals surface area contributed by atoms with Crippen LogP contribution in [0.5, 0.6) is 0 Å². The third kappa shape index (κ3) is 11.1. The number of fused-ring (bicyclic) bond motifs is 12. The molecule has 0 N–H and O–H groups in total. The minimum atomic E-state index is 0.851. The average molecular weight is 1750 g/mol. The van der Waals surface area contributed by atoms with Crippen LogP contribution in [0.3, 0.4) is 0 Å². The Morgan fingerprint density at radius 1 is 0.181 bits per heavy atom. The van der Waals surface area contributed by atoms with Gasteiger partial charge in [0, 0.05) is 110 Å². The van der Waals surface area contributed by atoms with Gasteiger partial charge in [0.15, 0.2) is 11.6 Å². The van der Waals surface area contributed by atoms with Crippen LogP contribution in [0.2, 0.25) is 0 Å². The second kappa shape index (κ2) is 29.5. The summed E-state index contributed by atoms with van der Waals surface area (Å²) in [5.74, 6) is 1.71. The molecule has 26 aromatic carbocycles. The Morgan fingerprint density at radius 2 is 0.558 bits per heavy atom. The van der Waals surface area contributed by atoms with Gasteiger partial charge in [-0.2, -0.15) is 0 Å². The molecule has 0 radical (unpaired) electrons. The zero-order valence-corrected chi connectivity index (χ0v) is 74.3. The van der Waals surface area contributed by atoms with E-state index in [4.69, 9.17) is 24.9 Å². The molecular formula is C129H75N9. The Kier molecular flexibility index (Phi) is 16.2. The van der Waals surface area contributed by atoms with Crippen molar-refractivity contribution in [1.82, 2.24) is 38.6 Å². The lowest BCUT2D eigenvalue weighted by Gasteiger charge is -2.26. The maximum Gasteiger partial charge on any atom is 0.165 e. The summed E-state index contributed by atoms with van der Waals surface area (Å²) in [6.07, 6.45) is 1.88. The van der Waals surface area contributed by atoms with E-state index in [9.17, 15) is 0 Å². The first-order valence-electron chi connectivity index (χ1n) is 47.3. The van der Waals surface area contributed by atoms with E-state index < -0.39 is 0 Å². The minimum absolute atomic E-state index is 0.851. The maximum atomic E-state index is 5.64. The molecule has 32 rings (SSSR count). The van der Waals surface area contributed by atoms with Gasteiger partial charge in [0.25, 0.3) is 0 Å². The summed E-state index contributed by atoms with van der Waals surface area (Å²) in [6.45, 7) is 0. The summed E-state index contributed by atoms with van der Waals surface area (Å²) >= 11 is 0. The van der Waals surface area contributed by atoms with E-state index in [0.717, 1.165) is 128 Å². The Hall–Kier alpha value is -18.6. The summed E-state index contributed by atoms with van der Waals surface area (Å²) in [5.41, 5.74) is 23.4. The number of benzene rings is 26. The number of hydrogen-bond donors (Lipinski definition) is 0. The quantitative estimate of drug-likeness (QED) is 0.100. The van der Waals surface area contributed by atoms with Crippen molar-refractivity contribution in [1.29, 1.82) is 0 Å². The van der Waals surface area contributed by atoms with Crippen molar-refractivity contribution < 1.29 is 0 Å². The minimum Gasteiger partial charge on any atom is -0.310 e. The smallest absolute Gasteiger partial charge is 0.165 e. The Morgan fingerprint density at radius 3 is 1.10 bits per heavy atom. The van der Waals surface area contributed by atoms with Crippen molar-refractivity contribution in [3.63, 3.8) is 0 Å². The van der Waals surface area contributed by atoms with Gasteiger partial charge in [-0.25, -0.2) is 19.9 Å². The standard InChI is InChI=1S/C49H31N3.C42H23N3.C38H21N3/c1-3-11-32(12-4-1)33-22-25-38(26-23-33)51(37-14-5-2-6-15-37)39-16-10-17-40(31-39)52-44-27-24-35-21-20-34-13-9-18-41-42-29-36(43-19-7-8-28-50-43)30-45(52)48(42)49(44)47(35)46(34)41;1-2-10-26(11-3-1)39-42(44-41-32-16-7-5-14-28(32)27-13-4-6-15-31(27)40(41)43-39)45-33-19-9-18-30-29-17-8-12-24-20-21-25-22-23-34(45)38(37(30)33)36(25)35(24)29;1-2-9-25(10-3-1)36-38(39-29-20-18-22-8-4-5-12-26(22)37(29)40-36)41-30-15-7-14-28-27-13-6-11-23-16-17-24-19-21-31(41)35(34(28)30)33(24)32(23)27/h1-31H;1-23H;1-21H. The molecule has 0 saturated heterocycles. The Balaban J connectivity index is 0.0000000985. The van der Waals surface area contributed by atoms with Crippen LogP contribution in [-0.2, 0) is 0 Å². The van der Waals surface area contributed by atoms with Crippen LogP contribution in [0.15, 0.2) is 455 Å². The number of aromatic nitrogens is 8. The highest BCUT2D eigenvalue weighted by Gasteiger charge is 2.31. The lowest BCUT2D eigenvalue weighted by molar-refractivity contribution is 1.08. The lowest BCUT2D eigenvalue weighted by Crippen LogP contribution is -2.10. The van der Waals surface area contributed by atoms with E-state index in [-0.39, 0.29) is 0 Å². The van der Waals surface area contributed by atoms with Crippen LogP contribution in [-0.4, -0.2) is 38.6 Å². The van der Waals surface area contributed by atoms with E-state index in [0.29, 0.717) is 0 Å². The molecule has 636 valence electrons. The van der Waals surface area contributed by atoms with Crippen molar-refractivity contribution in [3.8, 4) is 62.2 Å². The molecule has 6 heterocycles. The van der Waals surface area contributed by atoms with Crippen LogP contribution in [0, 0.1) is 0 Å². The first-order chi connectivity index (χ1) is 68.5. The van der Waals surface area contributed by atoms with Gasteiger partial charge < -0.3 is 9.47 Å². The molecule has 138 heavy (non-hydrogen) atoms. The molecule has 0 bridgehead atoms. The lowest BCUT2D eigenvalue weighted by atomic mass is 9.88. The second-order valence-electron chi connectivity index (χ2n) is 36.7. The fraction of sp³-hybridized carbons (Fsp3) is 0. The molecule has 0 atom stereocenters. The van der Waals surface area contributed by atoms with Crippen LogP contribution in [0.1, 0.15) is 0 Å². The molecule has 0 unspecified atom stereocenters. The summed E-state index contributed by atoms with van der Waals surface area (Å²) in [5, 5.41) is 38.1. The molecule has 0 saturated carbocycles. The van der Waals surface area contributed by atoms with Crippen LogP contribution in [0.4, 0.5) is 17.1 Å². The van der Waals surface area contributed by atoms with Crippen molar-refractivity contribution in [2.24, 2.45) is 0 Å². The van der Waals surface area contributed by atoms with Gasteiger partial charge in [0.1, 0.15) is 11.4 Å². The number of rotatable bonds is 10. The zero-order valence-electron chi connectivity index (χ0n) is 74.3. The van der Waals surface area contributed by atoms with Gasteiger partial charge >= 0.3 is 0 Å². The van der Waals surface area contributed by atoms with Crippen molar-refractivity contribution in [2.75, 3.05) is 4.90 Å². The molecule has 0 amide bonds. The normalized spacial score (nSPS) is 12.2. The average Bonchev–Trinajstić information content (AvgIpc) is 1.53. The Labute approximate surface area is 789 Å². The summed E-state index contributed by atoms with van der Waals surface area (Å²) in [6, 6.07) is 162. The van der Waals surface area contributed by atoms with E-state index in [2.05, 4.69) is 461 Å². The first kappa shape index (κ1) is 76.0. The molecule has 0 aliphatic rings. The van der Waals surface area contributed by atoms with Crippen LogP contribution < -0.4 is 4.90 Å². The fourth-order valence-electron chi connectivity index (χ4n) is 23.6. The highest BCUT2D eigenvalue weighted by atomic mass is 15.1. The van der Waals surface area contributed by atoms with Crippen molar-refractivity contribution in [2.45, 2.75) is 0 Å². The Bertz CT molecular complexity index is 10500. The number of anilines is 3. The largest absolute Gasteiger partial charge is 0.310 e. The number of hydrogen-bond acceptors (Lipinski definition) is 6. The number of para-hydroxylation sites is 1. The topological polar surface area (TPSA) is 82.5 Å². The molecule has 0 fully saturated rings. The van der Waals surface area contributed by atoms with Crippen molar-refractivity contribution in [3.05, 3.63) is 455 Å². The highest BCUT2D eigenvalue weighted by molar-refractivity contribution is 6.44.